The highest BCUT2D eigenvalue weighted by molar-refractivity contribution is 14.1. The van der Waals surface area contributed by atoms with Crippen molar-refractivity contribution in [3.05, 3.63) is 26.6 Å². The van der Waals surface area contributed by atoms with E-state index in [0.717, 1.165) is 0 Å². The molecule has 0 aliphatic carbocycles. The predicted molar refractivity (Wildman–Crippen MR) is 54.5 cm³/mol. The third-order valence-corrected chi connectivity index (χ3v) is 2.45. The van der Waals surface area contributed by atoms with Crippen molar-refractivity contribution < 1.29 is 8.78 Å². The van der Waals surface area contributed by atoms with E-state index < -0.39 is 6.43 Å². The zero-order valence-corrected chi connectivity index (χ0v) is 9.12. The summed E-state index contributed by atoms with van der Waals surface area (Å²) in [6.45, 7) is -0.0144. The van der Waals surface area contributed by atoms with Crippen LogP contribution < -0.4 is 5.73 Å². The maximum absolute atomic E-state index is 12.3. The number of halogens is 3. The van der Waals surface area contributed by atoms with Crippen LogP contribution in [0.3, 0.4) is 0 Å². The van der Waals surface area contributed by atoms with Crippen LogP contribution in [-0.4, -0.2) is 4.98 Å². The van der Waals surface area contributed by atoms with Crippen molar-refractivity contribution in [2.24, 2.45) is 5.73 Å². The van der Waals surface area contributed by atoms with Gasteiger partial charge in [-0.25, -0.2) is 13.8 Å². The number of pyridine rings is 1. The molecule has 0 fully saturated rings. The first-order valence-electron chi connectivity index (χ1n) is 3.67. The lowest BCUT2D eigenvalue weighted by Gasteiger charge is -2.05. The van der Waals surface area contributed by atoms with Crippen molar-refractivity contribution in [1.82, 2.24) is 4.98 Å². The van der Waals surface area contributed by atoms with E-state index in [2.05, 4.69) is 4.98 Å². The summed E-state index contributed by atoms with van der Waals surface area (Å²) in [6.07, 6.45) is -2.64. The molecule has 0 unspecified atom stereocenters. The third-order valence-electron chi connectivity index (χ3n) is 1.59. The van der Waals surface area contributed by atoms with Gasteiger partial charge >= 0.3 is 0 Å². The van der Waals surface area contributed by atoms with Crippen LogP contribution in [0.25, 0.3) is 0 Å². The molecule has 0 aliphatic heterocycles. The molecule has 0 atom stereocenters. The molecule has 14 heavy (non-hydrogen) atoms. The molecule has 3 nitrogen and oxygen atoms in total. The molecule has 2 N–H and O–H groups in total. The second-order valence-electron chi connectivity index (χ2n) is 2.47. The molecule has 0 radical (unpaired) electrons. The lowest BCUT2D eigenvalue weighted by molar-refractivity contribution is 0.145. The molecule has 1 aromatic heterocycles. The Kier molecular flexibility index (Phi) is 3.71. The Morgan fingerprint density at radius 3 is 2.71 bits per heavy atom. The van der Waals surface area contributed by atoms with Crippen molar-refractivity contribution in [1.29, 1.82) is 5.26 Å². The number of hydrogen-bond donors (Lipinski definition) is 1. The van der Waals surface area contributed by atoms with Crippen LogP contribution in [-0.2, 0) is 6.54 Å². The molecule has 0 saturated heterocycles. The van der Waals surface area contributed by atoms with Crippen LogP contribution in [0.2, 0.25) is 0 Å². The highest BCUT2D eigenvalue weighted by Crippen LogP contribution is 2.22. The van der Waals surface area contributed by atoms with E-state index in [1.165, 1.54) is 6.07 Å². The molecule has 0 bridgehead atoms. The van der Waals surface area contributed by atoms with Crippen LogP contribution in [0.5, 0.6) is 0 Å². The number of aromatic nitrogens is 1. The van der Waals surface area contributed by atoms with Gasteiger partial charge in [-0.3, -0.25) is 0 Å². The molecule has 0 saturated carbocycles. The fourth-order valence-electron chi connectivity index (χ4n) is 0.961. The largest absolute Gasteiger partial charge is 0.325 e. The summed E-state index contributed by atoms with van der Waals surface area (Å²) in [7, 11) is 0. The third kappa shape index (κ3) is 2.16. The van der Waals surface area contributed by atoms with E-state index in [0.29, 0.717) is 3.57 Å². The molecular formula is C8H6F2IN3. The van der Waals surface area contributed by atoms with Crippen molar-refractivity contribution >= 4 is 22.6 Å². The Balaban J connectivity index is 3.33. The molecule has 1 aromatic rings. The van der Waals surface area contributed by atoms with Crippen LogP contribution >= 0.6 is 22.6 Å². The van der Waals surface area contributed by atoms with E-state index in [4.69, 9.17) is 11.0 Å². The van der Waals surface area contributed by atoms with Crippen molar-refractivity contribution in [2.75, 3.05) is 0 Å². The van der Waals surface area contributed by atoms with Crippen LogP contribution in [0.15, 0.2) is 6.07 Å². The van der Waals surface area contributed by atoms with Crippen molar-refractivity contribution in [3.8, 4) is 6.07 Å². The van der Waals surface area contributed by atoms with Gasteiger partial charge in [0.1, 0.15) is 11.8 Å². The van der Waals surface area contributed by atoms with Crippen molar-refractivity contribution in [3.63, 3.8) is 0 Å². The number of nitrogens with zero attached hydrogens (tertiary/aromatic N) is 2. The average molecular weight is 309 g/mol. The highest BCUT2D eigenvalue weighted by Gasteiger charge is 2.15. The lowest BCUT2D eigenvalue weighted by atomic mass is 10.2. The highest BCUT2D eigenvalue weighted by atomic mass is 127. The minimum atomic E-state index is -2.64. The normalized spacial score (nSPS) is 10.3. The van der Waals surface area contributed by atoms with E-state index in [-0.39, 0.29) is 23.5 Å². The zero-order chi connectivity index (χ0) is 10.7. The Morgan fingerprint density at radius 2 is 2.29 bits per heavy atom. The van der Waals surface area contributed by atoms with E-state index in [1.54, 1.807) is 0 Å². The smallest absolute Gasteiger partial charge is 0.280 e. The molecule has 1 rings (SSSR count). The van der Waals surface area contributed by atoms with Gasteiger partial charge in [0, 0.05) is 10.1 Å². The van der Waals surface area contributed by atoms with Gasteiger partial charge in [-0.15, -0.1) is 0 Å². The first-order valence-corrected chi connectivity index (χ1v) is 4.75. The zero-order valence-electron chi connectivity index (χ0n) is 6.97. The topological polar surface area (TPSA) is 62.7 Å². The van der Waals surface area contributed by atoms with E-state index in [9.17, 15) is 8.78 Å². The second-order valence-corrected chi connectivity index (χ2v) is 3.63. The SMILES string of the molecule is N#Cc1c(I)cc(C(F)F)nc1CN. The Labute approximate surface area is 93.1 Å². The molecule has 0 aromatic carbocycles. The monoisotopic (exact) mass is 309 g/mol. The van der Waals surface area contributed by atoms with Crippen LogP contribution in [0.1, 0.15) is 23.4 Å². The quantitative estimate of drug-likeness (QED) is 0.849. The minimum Gasteiger partial charge on any atom is -0.325 e. The van der Waals surface area contributed by atoms with Gasteiger partial charge in [0.15, 0.2) is 0 Å². The molecular weight excluding hydrogens is 303 g/mol. The molecule has 0 aliphatic rings. The standard InChI is InChI=1S/C8H6F2IN3/c9-8(10)6-1-5(11)4(2-12)7(3-13)14-6/h1,8H,3,13H2. The van der Waals surface area contributed by atoms with E-state index in [1.807, 2.05) is 28.7 Å². The number of alkyl halides is 2. The fourth-order valence-corrected chi connectivity index (χ4v) is 1.71. The predicted octanol–water partition coefficient (Wildman–Crippen LogP) is 1.95. The number of hydrogen-bond acceptors (Lipinski definition) is 3. The summed E-state index contributed by atoms with van der Waals surface area (Å²) < 4.78 is 25.1. The molecule has 6 heteroatoms. The average Bonchev–Trinajstić information content (AvgIpc) is 2.16. The van der Waals surface area contributed by atoms with Crippen molar-refractivity contribution in [2.45, 2.75) is 13.0 Å². The first-order chi connectivity index (χ1) is 6.60. The van der Waals surface area contributed by atoms with Gasteiger partial charge in [-0.2, -0.15) is 5.26 Å². The van der Waals surface area contributed by atoms with Gasteiger partial charge in [-0.05, 0) is 28.7 Å². The summed E-state index contributed by atoms with van der Waals surface area (Å²) >= 11 is 1.82. The van der Waals surface area contributed by atoms with Gasteiger partial charge < -0.3 is 5.73 Å². The van der Waals surface area contributed by atoms with Gasteiger partial charge in [-0.1, -0.05) is 0 Å². The van der Waals surface area contributed by atoms with E-state index >= 15 is 0 Å². The maximum atomic E-state index is 12.3. The Bertz CT molecular complexity index is 387. The lowest BCUT2D eigenvalue weighted by Crippen LogP contribution is -2.07. The molecule has 74 valence electrons. The number of rotatable bonds is 2. The maximum Gasteiger partial charge on any atom is 0.280 e. The summed E-state index contributed by atoms with van der Waals surface area (Å²) in [4.78, 5) is 3.62. The van der Waals surface area contributed by atoms with Crippen LogP contribution in [0, 0.1) is 14.9 Å². The number of nitriles is 1. The Morgan fingerprint density at radius 1 is 1.64 bits per heavy atom. The minimum absolute atomic E-state index is 0.0144. The first kappa shape index (κ1) is 11.3. The van der Waals surface area contributed by atoms with Gasteiger partial charge in [0.05, 0.1) is 11.3 Å². The number of nitrogens with two attached hydrogens (primary N) is 1. The summed E-state index contributed by atoms with van der Waals surface area (Å²) in [5.74, 6) is 0. The summed E-state index contributed by atoms with van der Waals surface area (Å²) in [6, 6.07) is 3.08. The second kappa shape index (κ2) is 4.61. The van der Waals surface area contributed by atoms with Gasteiger partial charge in [0.2, 0.25) is 0 Å². The van der Waals surface area contributed by atoms with Gasteiger partial charge in [0.25, 0.3) is 6.43 Å². The Hall–Kier alpha value is -0.810. The summed E-state index contributed by atoms with van der Waals surface area (Å²) in [5, 5.41) is 8.72. The molecule has 1 heterocycles. The summed E-state index contributed by atoms with van der Waals surface area (Å²) in [5.41, 5.74) is 5.46. The fraction of sp³-hybridized carbons (Fsp3) is 0.250. The molecule has 0 spiro atoms. The molecule has 0 amide bonds. The van der Waals surface area contributed by atoms with Crippen LogP contribution in [0.4, 0.5) is 8.78 Å².